The summed E-state index contributed by atoms with van der Waals surface area (Å²) < 4.78 is 5.50. The number of amides is 2. The number of rotatable bonds is 3. The Hall–Kier alpha value is -2.89. The zero-order valence-corrected chi connectivity index (χ0v) is 17.6. The summed E-state index contributed by atoms with van der Waals surface area (Å²) in [5, 5.41) is 0. The average Bonchev–Trinajstić information content (AvgIpc) is 2.72. The fourth-order valence-corrected chi connectivity index (χ4v) is 3.37. The van der Waals surface area contributed by atoms with E-state index in [2.05, 4.69) is 11.2 Å². The number of likely N-dealkylation sites (tertiary alicyclic amines) is 1. The van der Waals surface area contributed by atoms with Gasteiger partial charge < -0.3 is 9.64 Å². The molecular weight excluding hydrogens is 366 g/mol. The predicted molar refractivity (Wildman–Crippen MR) is 113 cm³/mol. The first-order valence-corrected chi connectivity index (χ1v) is 10.00. The number of hydrogen-bond donors (Lipinski definition) is 0. The molecule has 6 heteroatoms. The molecule has 1 fully saturated rings. The lowest BCUT2D eigenvalue weighted by molar-refractivity contribution is 0.0589. The van der Waals surface area contributed by atoms with Crippen LogP contribution in [0, 0.1) is 6.20 Å². The van der Waals surface area contributed by atoms with Gasteiger partial charge in [-0.1, -0.05) is 30.3 Å². The summed E-state index contributed by atoms with van der Waals surface area (Å²) >= 11 is 0. The molecule has 1 aliphatic heterocycles. The number of nitrogens with zero attached hydrogens (tertiary/aromatic N) is 3. The first-order chi connectivity index (χ1) is 13.8. The molecular formula is C23H28N3O3. The van der Waals surface area contributed by atoms with Crippen LogP contribution in [0.25, 0.3) is 11.1 Å². The fraction of sp³-hybridized carbons (Fsp3) is 0.435. The second kappa shape index (κ2) is 8.64. The SMILES string of the molecule is CN(C(=O)OC(C)(C)C)c1cn[c]c(-c2ccccc2)c1C(=O)N1CCCCC1. The molecule has 0 N–H and O–H groups in total. The molecule has 1 aromatic carbocycles. The first-order valence-electron chi connectivity index (χ1n) is 10.00. The summed E-state index contributed by atoms with van der Waals surface area (Å²) in [6.45, 7) is 6.86. The van der Waals surface area contributed by atoms with Gasteiger partial charge in [0.05, 0.1) is 23.6 Å². The Labute approximate surface area is 172 Å². The van der Waals surface area contributed by atoms with Crippen LogP contribution in [0.2, 0.25) is 0 Å². The minimum atomic E-state index is -0.640. The van der Waals surface area contributed by atoms with Gasteiger partial charge in [0, 0.05) is 25.7 Å². The van der Waals surface area contributed by atoms with Gasteiger partial charge in [0.25, 0.3) is 5.91 Å². The van der Waals surface area contributed by atoms with Crippen molar-refractivity contribution in [2.45, 2.75) is 45.6 Å². The minimum absolute atomic E-state index is 0.104. The standard InChI is InChI=1S/C23H28N3O3/c1-23(2,3)29-22(28)25(4)19-16-24-15-18(17-11-7-5-8-12-17)20(19)21(27)26-13-9-6-10-14-26/h5,7-8,11-12,16H,6,9-10,13-14H2,1-4H3. The number of ether oxygens (including phenoxy) is 1. The van der Waals surface area contributed by atoms with Crippen LogP contribution in [0.3, 0.4) is 0 Å². The highest BCUT2D eigenvalue weighted by atomic mass is 16.6. The van der Waals surface area contributed by atoms with Gasteiger partial charge >= 0.3 is 6.09 Å². The van der Waals surface area contributed by atoms with Gasteiger partial charge in [0.2, 0.25) is 0 Å². The van der Waals surface area contributed by atoms with E-state index in [0.717, 1.165) is 24.8 Å². The summed E-state index contributed by atoms with van der Waals surface area (Å²) in [7, 11) is 1.60. The third-order valence-electron chi connectivity index (χ3n) is 4.82. The molecule has 1 aliphatic rings. The van der Waals surface area contributed by atoms with Gasteiger partial charge in [-0.05, 0) is 45.6 Å². The van der Waals surface area contributed by atoms with Gasteiger partial charge in [-0.25, -0.2) is 4.79 Å². The van der Waals surface area contributed by atoms with Crippen LogP contribution in [0.4, 0.5) is 10.5 Å². The van der Waals surface area contributed by atoms with Gasteiger partial charge in [0.15, 0.2) is 0 Å². The van der Waals surface area contributed by atoms with Crippen molar-refractivity contribution >= 4 is 17.7 Å². The van der Waals surface area contributed by atoms with E-state index in [1.807, 2.05) is 56.0 Å². The summed E-state index contributed by atoms with van der Waals surface area (Å²) in [4.78, 5) is 33.6. The van der Waals surface area contributed by atoms with Crippen LogP contribution in [-0.4, -0.2) is 47.6 Å². The highest BCUT2D eigenvalue weighted by Crippen LogP contribution is 2.32. The monoisotopic (exact) mass is 394 g/mol. The highest BCUT2D eigenvalue weighted by Gasteiger charge is 2.29. The summed E-state index contributed by atoms with van der Waals surface area (Å²) in [5.41, 5.74) is 1.64. The fourth-order valence-electron chi connectivity index (χ4n) is 3.37. The number of aromatic nitrogens is 1. The van der Waals surface area contributed by atoms with E-state index in [0.29, 0.717) is 29.9 Å². The van der Waals surface area contributed by atoms with E-state index in [1.165, 1.54) is 11.1 Å². The molecule has 0 saturated carbocycles. The minimum Gasteiger partial charge on any atom is -0.443 e. The largest absolute Gasteiger partial charge is 0.443 e. The van der Waals surface area contributed by atoms with Crippen molar-refractivity contribution in [1.29, 1.82) is 0 Å². The molecule has 1 aromatic heterocycles. The molecule has 0 aliphatic carbocycles. The van der Waals surface area contributed by atoms with Gasteiger partial charge in [-0.3, -0.25) is 14.7 Å². The Morgan fingerprint density at radius 3 is 2.38 bits per heavy atom. The average molecular weight is 394 g/mol. The van der Waals surface area contributed by atoms with Crippen LogP contribution in [-0.2, 0) is 4.74 Å². The lowest BCUT2D eigenvalue weighted by Crippen LogP contribution is -2.39. The number of anilines is 1. The Bertz CT molecular complexity index is 869. The van der Waals surface area contributed by atoms with Crippen LogP contribution >= 0.6 is 0 Å². The number of piperidine rings is 1. The highest BCUT2D eigenvalue weighted by molar-refractivity contribution is 6.08. The molecule has 0 bridgehead atoms. The van der Waals surface area contributed by atoms with E-state index >= 15 is 0 Å². The van der Waals surface area contributed by atoms with E-state index in [9.17, 15) is 9.59 Å². The third-order valence-corrected chi connectivity index (χ3v) is 4.82. The van der Waals surface area contributed by atoms with Crippen LogP contribution < -0.4 is 4.90 Å². The topological polar surface area (TPSA) is 62.7 Å². The lowest BCUT2D eigenvalue weighted by atomic mass is 9.98. The van der Waals surface area contributed by atoms with Gasteiger partial charge in [-0.2, -0.15) is 0 Å². The molecule has 0 spiro atoms. The van der Waals surface area contributed by atoms with Crippen molar-refractivity contribution in [3.63, 3.8) is 0 Å². The quantitative estimate of drug-likeness (QED) is 0.766. The van der Waals surface area contributed by atoms with Crippen molar-refractivity contribution in [3.05, 3.63) is 48.3 Å². The molecule has 153 valence electrons. The number of benzene rings is 1. The van der Waals surface area contributed by atoms with Crippen LogP contribution in [0.5, 0.6) is 0 Å². The van der Waals surface area contributed by atoms with E-state index in [1.54, 1.807) is 7.05 Å². The molecule has 6 nitrogen and oxygen atoms in total. The summed E-state index contributed by atoms with van der Waals surface area (Å²) in [6.07, 6.45) is 7.05. The van der Waals surface area contributed by atoms with Crippen LogP contribution in [0.1, 0.15) is 50.4 Å². The predicted octanol–water partition coefficient (Wildman–Crippen LogP) is 4.55. The summed E-state index contributed by atoms with van der Waals surface area (Å²) in [6, 6.07) is 9.56. The van der Waals surface area contributed by atoms with Crippen molar-refractivity contribution in [1.82, 2.24) is 9.88 Å². The zero-order valence-electron chi connectivity index (χ0n) is 17.6. The smallest absolute Gasteiger partial charge is 0.414 e. The van der Waals surface area contributed by atoms with E-state index < -0.39 is 11.7 Å². The van der Waals surface area contributed by atoms with Crippen molar-refractivity contribution in [2.24, 2.45) is 0 Å². The van der Waals surface area contributed by atoms with Crippen LogP contribution in [0.15, 0.2) is 36.5 Å². The van der Waals surface area contributed by atoms with Crippen molar-refractivity contribution in [2.75, 3.05) is 25.0 Å². The maximum absolute atomic E-state index is 13.5. The molecule has 2 heterocycles. The van der Waals surface area contributed by atoms with Crippen molar-refractivity contribution < 1.29 is 14.3 Å². The maximum atomic E-state index is 13.5. The molecule has 29 heavy (non-hydrogen) atoms. The second-order valence-electron chi connectivity index (χ2n) is 8.26. The molecule has 2 aromatic rings. The van der Waals surface area contributed by atoms with Gasteiger partial charge in [0.1, 0.15) is 5.60 Å². The Morgan fingerprint density at radius 2 is 1.76 bits per heavy atom. The molecule has 3 rings (SSSR count). The Balaban J connectivity index is 2.08. The van der Waals surface area contributed by atoms with E-state index in [4.69, 9.17) is 4.74 Å². The lowest BCUT2D eigenvalue weighted by Gasteiger charge is -2.30. The molecule has 0 unspecified atom stereocenters. The Morgan fingerprint density at radius 1 is 1.10 bits per heavy atom. The van der Waals surface area contributed by atoms with E-state index in [-0.39, 0.29) is 5.91 Å². The molecule has 1 radical (unpaired) electrons. The number of pyridine rings is 1. The zero-order chi connectivity index (χ0) is 21.0. The maximum Gasteiger partial charge on any atom is 0.414 e. The summed E-state index contributed by atoms with van der Waals surface area (Å²) in [5.74, 6) is -0.104. The molecule has 0 atom stereocenters. The van der Waals surface area contributed by atoms with Crippen molar-refractivity contribution in [3.8, 4) is 11.1 Å². The number of carbonyl (C=O) groups is 2. The second-order valence-corrected chi connectivity index (χ2v) is 8.26. The molecule has 1 saturated heterocycles. The third kappa shape index (κ3) is 4.94. The van der Waals surface area contributed by atoms with Gasteiger partial charge in [-0.15, -0.1) is 0 Å². The number of carbonyl (C=O) groups excluding carboxylic acids is 2. The normalized spacial score (nSPS) is 14.4. The first kappa shape index (κ1) is 20.8. The number of hydrogen-bond acceptors (Lipinski definition) is 4. The Kier molecular flexibility index (Phi) is 6.20. The molecule has 2 amide bonds.